The molecule has 16 heavy (non-hydrogen) atoms. The summed E-state index contributed by atoms with van der Waals surface area (Å²) >= 11 is 5.99. The van der Waals surface area contributed by atoms with Gasteiger partial charge in [0.2, 0.25) is 0 Å². The standard InChI is InChI=1S/C11H13ClFNO.ClH/c12-10-7-8(13)1-2-9(10)11(14)3-5-15-6-4-11;/h1-2,7H,3-6,14H2;1H. The Kier molecular flexibility index (Phi) is 4.56. The lowest BCUT2D eigenvalue weighted by molar-refractivity contribution is 0.0523. The molecular weight excluding hydrogens is 252 g/mol. The molecule has 0 atom stereocenters. The predicted octanol–water partition coefficient (Wildman–Crippen LogP) is 2.87. The Morgan fingerprint density at radius 1 is 1.31 bits per heavy atom. The van der Waals surface area contributed by atoms with Gasteiger partial charge < -0.3 is 10.5 Å². The molecule has 1 aliphatic heterocycles. The van der Waals surface area contributed by atoms with Crippen LogP contribution in [0.5, 0.6) is 0 Å². The van der Waals surface area contributed by atoms with E-state index in [1.807, 2.05) is 0 Å². The van der Waals surface area contributed by atoms with Crippen molar-refractivity contribution in [3.63, 3.8) is 0 Å². The predicted molar refractivity (Wildman–Crippen MR) is 64.6 cm³/mol. The third-order valence-electron chi connectivity index (χ3n) is 2.85. The molecule has 1 aromatic carbocycles. The van der Waals surface area contributed by atoms with E-state index in [1.165, 1.54) is 12.1 Å². The minimum Gasteiger partial charge on any atom is -0.381 e. The van der Waals surface area contributed by atoms with E-state index in [0.29, 0.717) is 18.2 Å². The van der Waals surface area contributed by atoms with Crippen LogP contribution in [-0.2, 0) is 10.3 Å². The van der Waals surface area contributed by atoms with E-state index in [1.54, 1.807) is 6.07 Å². The van der Waals surface area contributed by atoms with Crippen LogP contribution in [0.1, 0.15) is 18.4 Å². The molecule has 2 N–H and O–H groups in total. The average Bonchev–Trinajstić information content (AvgIpc) is 2.18. The fourth-order valence-corrected chi connectivity index (χ4v) is 2.25. The normalized spacial score (nSPS) is 18.9. The van der Waals surface area contributed by atoms with Crippen LogP contribution in [0.15, 0.2) is 18.2 Å². The van der Waals surface area contributed by atoms with Crippen LogP contribution in [0.2, 0.25) is 5.02 Å². The Bertz CT molecular complexity index is 367. The first-order valence-corrected chi connectivity index (χ1v) is 5.32. The van der Waals surface area contributed by atoms with E-state index in [9.17, 15) is 4.39 Å². The molecule has 0 bridgehead atoms. The highest BCUT2D eigenvalue weighted by atomic mass is 35.5. The highest BCUT2D eigenvalue weighted by Gasteiger charge is 2.31. The third-order valence-corrected chi connectivity index (χ3v) is 3.17. The van der Waals surface area contributed by atoms with E-state index < -0.39 is 5.54 Å². The number of halogens is 3. The van der Waals surface area contributed by atoms with Gasteiger partial charge in [0.1, 0.15) is 5.82 Å². The lowest BCUT2D eigenvalue weighted by Crippen LogP contribution is -2.42. The Hall–Kier alpha value is -0.350. The molecular formula is C11H14Cl2FNO. The monoisotopic (exact) mass is 265 g/mol. The lowest BCUT2D eigenvalue weighted by atomic mass is 9.84. The summed E-state index contributed by atoms with van der Waals surface area (Å²) in [7, 11) is 0. The highest BCUT2D eigenvalue weighted by Crippen LogP contribution is 2.34. The fraction of sp³-hybridized carbons (Fsp3) is 0.455. The molecule has 1 aromatic rings. The second kappa shape index (κ2) is 5.32. The van der Waals surface area contributed by atoms with Crippen LogP contribution < -0.4 is 5.73 Å². The summed E-state index contributed by atoms with van der Waals surface area (Å²) in [5.74, 6) is -0.334. The molecule has 0 unspecified atom stereocenters. The van der Waals surface area contributed by atoms with Crippen molar-refractivity contribution in [1.29, 1.82) is 0 Å². The first kappa shape index (κ1) is 13.7. The van der Waals surface area contributed by atoms with Crippen molar-refractivity contribution in [2.45, 2.75) is 18.4 Å². The first-order chi connectivity index (χ1) is 7.12. The first-order valence-electron chi connectivity index (χ1n) is 4.94. The van der Waals surface area contributed by atoms with Gasteiger partial charge in [0, 0.05) is 23.8 Å². The maximum absolute atomic E-state index is 12.9. The number of nitrogens with two attached hydrogens (primary N) is 1. The number of hydrogen-bond donors (Lipinski definition) is 1. The molecule has 90 valence electrons. The van der Waals surface area contributed by atoms with Gasteiger partial charge in [0.15, 0.2) is 0 Å². The van der Waals surface area contributed by atoms with Crippen molar-refractivity contribution in [2.24, 2.45) is 5.73 Å². The smallest absolute Gasteiger partial charge is 0.124 e. The average molecular weight is 266 g/mol. The minimum atomic E-state index is -0.469. The van der Waals surface area contributed by atoms with Gasteiger partial charge in [-0.25, -0.2) is 4.39 Å². The van der Waals surface area contributed by atoms with Crippen LogP contribution in [-0.4, -0.2) is 13.2 Å². The molecule has 1 fully saturated rings. The lowest BCUT2D eigenvalue weighted by Gasteiger charge is -2.34. The van der Waals surface area contributed by atoms with E-state index in [-0.39, 0.29) is 18.2 Å². The molecule has 2 rings (SSSR count). The molecule has 0 spiro atoms. The van der Waals surface area contributed by atoms with Gasteiger partial charge in [-0.3, -0.25) is 0 Å². The van der Waals surface area contributed by atoms with E-state index in [2.05, 4.69) is 0 Å². The summed E-state index contributed by atoms with van der Waals surface area (Å²) < 4.78 is 18.1. The molecule has 0 aliphatic carbocycles. The molecule has 1 saturated heterocycles. The molecule has 1 heterocycles. The van der Waals surface area contributed by atoms with Crippen LogP contribution in [0, 0.1) is 5.82 Å². The zero-order valence-corrected chi connectivity index (χ0v) is 10.3. The van der Waals surface area contributed by atoms with Crippen molar-refractivity contribution in [2.75, 3.05) is 13.2 Å². The maximum atomic E-state index is 12.9. The van der Waals surface area contributed by atoms with Gasteiger partial charge in [-0.2, -0.15) is 0 Å². The quantitative estimate of drug-likeness (QED) is 0.848. The van der Waals surface area contributed by atoms with E-state index in [4.69, 9.17) is 22.1 Å². The zero-order chi connectivity index (χ0) is 10.9. The minimum absolute atomic E-state index is 0. The van der Waals surface area contributed by atoms with E-state index in [0.717, 1.165) is 18.4 Å². The van der Waals surface area contributed by atoms with Crippen LogP contribution in [0.25, 0.3) is 0 Å². The number of hydrogen-bond acceptors (Lipinski definition) is 2. The van der Waals surface area contributed by atoms with Crippen LogP contribution in [0.4, 0.5) is 4.39 Å². The topological polar surface area (TPSA) is 35.2 Å². The van der Waals surface area contributed by atoms with Gasteiger partial charge in [-0.1, -0.05) is 17.7 Å². The molecule has 0 radical (unpaired) electrons. The Morgan fingerprint density at radius 3 is 2.50 bits per heavy atom. The zero-order valence-electron chi connectivity index (χ0n) is 8.71. The van der Waals surface area contributed by atoms with Gasteiger partial charge in [0.25, 0.3) is 0 Å². The second-order valence-electron chi connectivity index (χ2n) is 3.89. The second-order valence-corrected chi connectivity index (χ2v) is 4.30. The summed E-state index contributed by atoms with van der Waals surface area (Å²) in [6.07, 6.45) is 1.44. The van der Waals surface area contributed by atoms with Crippen molar-refractivity contribution >= 4 is 24.0 Å². The molecule has 5 heteroatoms. The maximum Gasteiger partial charge on any atom is 0.124 e. The van der Waals surface area contributed by atoms with Crippen molar-refractivity contribution in [3.8, 4) is 0 Å². The third kappa shape index (κ3) is 2.66. The van der Waals surface area contributed by atoms with Crippen molar-refractivity contribution < 1.29 is 9.13 Å². The Morgan fingerprint density at radius 2 is 1.94 bits per heavy atom. The largest absolute Gasteiger partial charge is 0.381 e. The number of ether oxygens (including phenoxy) is 1. The Labute approximate surface area is 105 Å². The van der Waals surface area contributed by atoms with Gasteiger partial charge >= 0.3 is 0 Å². The molecule has 2 nitrogen and oxygen atoms in total. The van der Waals surface area contributed by atoms with Gasteiger partial charge in [-0.05, 0) is 30.5 Å². The van der Waals surface area contributed by atoms with Crippen molar-refractivity contribution in [1.82, 2.24) is 0 Å². The molecule has 0 aromatic heterocycles. The summed E-state index contributed by atoms with van der Waals surface area (Å²) in [6.45, 7) is 1.26. The van der Waals surface area contributed by atoms with Gasteiger partial charge in [0.05, 0.1) is 0 Å². The Balaban J connectivity index is 0.00000128. The van der Waals surface area contributed by atoms with Crippen molar-refractivity contribution in [3.05, 3.63) is 34.6 Å². The van der Waals surface area contributed by atoms with Gasteiger partial charge in [-0.15, -0.1) is 12.4 Å². The summed E-state index contributed by atoms with van der Waals surface area (Å²) in [6, 6.07) is 4.37. The molecule has 0 saturated carbocycles. The highest BCUT2D eigenvalue weighted by molar-refractivity contribution is 6.31. The summed E-state index contributed by atoms with van der Waals surface area (Å²) in [5.41, 5.74) is 6.59. The molecule has 0 amide bonds. The number of rotatable bonds is 1. The summed E-state index contributed by atoms with van der Waals surface area (Å²) in [4.78, 5) is 0. The summed E-state index contributed by atoms with van der Waals surface area (Å²) in [5, 5.41) is 0.402. The van der Waals surface area contributed by atoms with E-state index >= 15 is 0 Å². The number of benzene rings is 1. The van der Waals surface area contributed by atoms with Crippen LogP contribution in [0.3, 0.4) is 0 Å². The molecule has 1 aliphatic rings. The SMILES string of the molecule is Cl.NC1(c2ccc(F)cc2Cl)CCOCC1. The fourth-order valence-electron chi connectivity index (χ4n) is 1.90. The van der Waals surface area contributed by atoms with Crippen LogP contribution >= 0.6 is 24.0 Å².